The predicted octanol–water partition coefficient (Wildman–Crippen LogP) is 15.6. The zero-order valence-corrected chi connectivity index (χ0v) is 38.4. The Morgan fingerprint density at radius 3 is 0.768 bits per heavy atom. The molecule has 1 atom stereocenters. The summed E-state index contributed by atoms with van der Waals surface area (Å²) >= 11 is 0. The summed E-state index contributed by atoms with van der Waals surface area (Å²) in [5.74, 6) is 1.53. The molecule has 6 heteroatoms. The van der Waals surface area contributed by atoms with Gasteiger partial charge in [0, 0.05) is 19.3 Å². The van der Waals surface area contributed by atoms with Crippen molar-refractivity contribution in [3.63, 3.8) is 0 Å². The van der Waals surface area contributed by atoms with Gasteiger partial charge >= 0.3 is 17.9 Å². The molecular formula is C50H96O6. The number of carbonyl (C=O) groups is 3. The second-order valence-electron chi connectivity index (χ2n) is 18.5. The van der Waals surface area contributed by atoms with Gasteiger partial charge in [0.15, 0.2) is 6.10 Å². The van der Waals surface area contributed by atoms with Gasteiger partial charge in [0.2, 0.25) is 0 Å². The van der Waals surface area contributed by atoms with E-state index in [0.29, 0.717) is 19.3 Å². The van der Waals surface area contributed by atoms with E-state index < -0.39 is 6.10 Å². The van der Waals surface area contributed by atoms with Crippen molar-refractivity contribution in [3.8, 4) is 0 Å². The Bertz CT molecular complexity index is 868. The molecule has 6 nitrogen and oxygen atoms in total. The minimum atomic E-state index is -0.762. The highest BCUT2D eigenvalue weighted by molar-refractivity contribution is 5.71. The first kappa shape index (κ1) is 54.4. The van der Waals surface area contributed by atoms with Crippen LogP contribution in [-0.2, 0) is 28.6 Å². The lowest BCUT2D eigenvalue weighted by molar-refractivity contribution is -0.167. The largest absolute Gasteiger partial charge is 0.462 e. The molecule has 332 valence electrons. The first-order chi connectivity index (χ1) is 27.1. The van der Waals surface area contributed by atoms with Crippen LogP contribution < -0.4 is 0 Å². The third-order valence-corrected chi connectivity index (χ3v) is 11.1. The number of rotatable bonds is 43. The summed E-state index contributed by atoms with van der Waals surface area (Å²) in [7, 11) is 0. The summed E-state index contributed by atoms with van der Waals surface area (Å²) in [5, 5.41) is 0. The number of carbonyl (C=O) groups excluding carboxylic acids is 3. The summed E-state index contributed by atoms with van der Waals surface area (Å²) in [6.07, 6.45) is 39.8. The van der Waals surface area contributed by atoms with Crippen LogP contribution in [0.3, 0.4) is 0 Å². The Balaban J connectivity index is 4.20. The molecule has 0 aliphatic carbocycles. The molecule has 0 unspecified atom stereocenters. The molecule has 0 radical (unpaired) electrons. The fourth-order valence-electron chi connectivity index (χ4n) is 7.41. The summed E-state index contributed by atoms with van der Waals surface area (Å²) in [5.41, 5.74) is 0. The number of unbranched alkanes of at least 4 members (excludes halogenated alkanes) is 26. The van der Waals surface area contributed by atoms with Gasteiger partial charge < -0.3 is 14.2 Å². The molecule has 0 saturated heterocycles. The minimum absolute atomic E-state index is 0.0665. The predicted molar refractivity (Wildman–Crippen MR) is 238 cm³/mol. The van der Waals surface area contributed by atoms with Crippen LogP contribution in [-0.4, -0.2) is 37.2 Å². The van der Waals surface area contributed by atoms with Crippen molar-refractivity contribution >= 4 is 17.9 Å². The van der Waals surface area contributed by atoms with Crippen LogP contribution in [0.15, 0.2) is 0 Å². The van der Waals surface area contributed by atoms with E-state index in [2.05, 4.69) is 41.5 Å². The highest BCUT2D eigenvalue weighted by Crippen LogP contribution is 2.17. The molecule has 0 spiro atoms. The zero-order chi connectivity index (χ0) is 41.3. The fraction of sp³-hybridized carbons (Fsp3) is 0.940. The van der Waals surface area contributed by atoms with E-state index in [9.17, 15) is 14.4 Å². The maximum atomic E-state index is 12.7. The topological polar surface area (TPSA) is 78.9 Å². The van der Waals surface area contributed by atoms with E-state index in [1.165, 1.54) is 148 Å². The van der Waals surface area contributed by atoms with Crippen LogP contribution in [0.4, 0.5) is 0 Å². The van der Waals surface area contributed by atoms with Crippen molar-refractivity contribution in [1.29, 1.82) is 0 Å². The average molecular weight is 793 g/mol. The fourth-order valence-corrected chi connectivity index (χ4v) is 7.41. The van der Waals surface area contributed by atoms with Gasteiger partial charge in [0.05, 0.1) is 0 Å². The van der Waals surface area contributed by atoms with Gasteiger partial charge in [0.1, 0.15) is 13.2 Å². The molecular weight excluding hydrogens is 697 g/mol. The number of esters is 3. The van der Waals surface area contributed by atoms with Gasteiger partial charge in [-0.15, -0.1) is 0 Å². The molecule has 0 rings (SSSR count). The lowest BCUT2D eigenvalue weighted by Crippen LogP contribution is -2.30. The molecule has 0 saturated carbocycles. The van der Waals surface area contributed by atoms with Crippen molar-refractivity contribution in [3.05, 3.63) is 0 Å². The Hall–Kier alpha value is -1.59. The minimum Gasteiger partial charge on any atom is -0.462 e. The van der Waals surface area contributed by atoms with Crippen LogP contribution in [0.25, 0.3) is 0 Å². The molecule has 0 aliphatic rings. The summed E-state index contributed by atoms with van der Waals surface area (Å²) in [4.78, 5) is 37.7. The van der Waals surface area contributed by atoms with Crippen LogP contribution in [0.5, 0.6) is 0 Å². The van der Waals surface area contributed by atoms with Gasteiger partial charge in [-0.25, -0.2) is 0 Å². The average Bonchev–Trinajstić information content (AvgIpc) is 3.15. The van der Waals surface area contributed by atoms with E-state index in [4.69, 9.17) is 14.2 Å². The monoisotopic (exact) mass is 793 g/mol. The standard InChI is InChI=1S/C50H96O6/c1-44(2)36-30-24-18-15-13-11-9-7-8-10-12-14-16-20-27-33-39-48(51)54-42-47(56-50(53)41-35-29-23-22-26-32-38-46(5)6)43-55-49(52)40-34-28-21-17-19-25-31-37-45(3)4/h44-47H,7-43H2,1-6H3/t47-/m1/s1. The third kappa shape index (κ3) is 43.5. The first-order valence-electron chi connectivity index (χ1n) is 24.6. The highest BCUT2D eigenvalue weighted by atomic mass is 16.6. The first-order valence-corrected chi connectivity index (χ1v) is 24.6. The maximum absolute atomic E-state index is 12.7. The highest BCUT2D eigenvalue weighted by Gasteiger charge is 2.19. The Labute approximate surface area is 348 Å². The van der Waals surface area contributed by atoms with Crippen molar-refractivity contribution in [1.82, 2.24) is 0 Å². The molecule has 0 aromatic rings. The Morgan fingerprint density at radius 1 is 0.304 bits per heavy atom. The van der Waals surface area contributed by atoms with Crippen molar-refractivity contribution in [2.45, 2.75) is 272 Å². The molecule has 0 aromatic heterocycles. The lowest BCUT2D eigenvalue weighted by atomic mass is 10.0. The van der Waals surface area contributed by atoms with E-state index >= 15 is 0 Å². The van der Waals surface area contributed by atoms with Gasteiger partial charge in [0.25, 0.3) is 0 Å². The molecule has 0 aliphatic heterocycles. The Morgan fingerprint density at radius 2 is 0.518 bits per heavy atom. The van der Waals surface area contributed by atoms with Crippen molar-refractivity contribution in [2.24, 2.45) is 17.8 Å². The maximum Gasteiger partial charge on any atom is 0.306 e. The molecule has 0 aromatic carbocycles. The van der Waals surface area contributed by atoms with E-state index in [1.54, 1.807) is 0 Å². The van der Waals surface area contributed by atoms with E-state index in [-0.39, 0.29) is 31.1 Å². The van der Waals surface area contributed by atoms with E-state index in [0.717, 1.165) is 75.5 Å². The van der Waals surface area contributed by atoms with Crippen LogP contribution in [0.1, 0.15) is 266 Å². The smallest absolute Gasteiger partial charge is 0.306 e. The number of hydrogen-bond acceptors (Lipinski definition) is 6. The number of ether oxygens (including phenoxy) is 3. The van der Waals surface area contributed by atoms with E-state index in [1.807, 2.05) is 0 Å². The van der Waals surface area contributed by atoms with Gasteiger partial charge in [-0.1, -0.05) is 228 Å². The molecule has 0 amide bonds. The number of hydrogen-bond donors (Lipinski definition) is 0. The lowest BCUT2D eigenvalue weighted by Gasteiger charge is -2.18. The van der Waals surface area contributed by atoms with Crippen LogP contribution >= 0.6 is 0 Å². The second-order valence-corrected chi connectivity index (χ2v) is 18.5. The molecule has 0 heterocycles. The van der Waals surface area contributed by atoms with Gasteiger partial charge in [-0.2, -0.15) is 0 Å². The molecule has 0 fully saturated rings. The zero-order valence-electron chi connectivity index (χ0n) is 38.4. The quantitative estimate of drug-likeness (QED) is 0.0348. The SMILES string of the molecule is CC(C)CCCCCCCCCCCCCCCCCCC(=O)OC[C@H](COC(=O)CCCCCCCCCC(C)C)OC(=O)CCCCCCCCC(C)C. The summed E-state index contributed by atoms with van der Waals surface area (Å²) in [6, 6.07) is 0. The van der Waals surface area contributed by atoms with Crippen molar-refractivity contribution < 1.29 is 28.6 Å². The molecule has 56 heavy (non-hydrogen) atoms. The summed E-state index contributed by atoms with van der Waals surface area (Å²) < 4.78 is 16.7. The summed E-state index contributed by atoms with van der Waals surface area (Å²) in [6.45, 7) is 13.6. The van der Waals surface area contributed by atoms with Crippen LogP contribution in [0, 0.1) is 17.8 Å². The van der Waals surface area contributed by atoms with Gasteiger partial charge in [-0.05, 0) is 37.0 Å². The Kier molecular flexibility index (Phi) is 40.4. The normalized spacial score (nSPS) is 12.2. The molecule has 0 N–H and O–H groups in total. The molecule has 0 bridgehead atoms. The third-order valence-electron chi connectivity index (χ3n) is 11.1. The van der Waals surface area contributed by atoms with Gasteiger partial charge in [-0.3, -0.25) is 14.4 Å². The van der Waals surface area contributed by atoms with Crippen LogP contribution in [0.2, 0.25) is 0 Å². The second kappa shape index (κ2) is 41.6. The van der Waals surface area contributed by atoms with Crippen molar-refractivity contribution in [2.75, 3.05) is 13.2 Å².